The summed E-state index contributed by atoms with van der Waals surface area (Å²) in [5.74, 6) is 0.750. The molecule has 7 heavy (non-hydrogen) atoms. The minimum atomic E-state index is 0.750. The lowest BCUT2D eigenvalue weighted by Crippen LogP contribution is -1.84. The largest absolute Gasteiger partial charge is 0.284 e. The van der Waals surface area contributed by atoms with Crippen molar-refractivity contribution in [1.82, 2.24) is 15.5 Å². The number of rotatable bonds is 1. The summed E-state index contributed by atoms with van der Waals surface area (Å²) >= 11 is 0. The SMILES string of the molecule is C[N]c1cc[nH]n1. The number of nitrogens with one attached hydrogen (secondary N) is 1. The molecule has 37 valence electrons. The predicted octanol–water partition coefficient (Wildman–Crippen LogP) is 0.275. The Hall–Kier alpha value is -0.990. The van der Waals surface area contributed by atoms with Crippen molar-refractivity contribution in [3.63, 3.8) is 0 Å². The van der Waals surface area contributed by atoms with Crippen molar-refractivity contribution in [1.29, 1.82) is 0 Å². The third-order valence-corrected chi connectivity index (χ3v) is 0.715. The molecule has 1 radical (unpaired) electrons. The summed E-state index contributed by atoms with van der Waals surface area (Å²) in [5.41, 5.74) is 0. The second-order valence-corrected chi connectivity index (χ2v) is 1.16. The molecule has 1 aromatic heterocycles. The molecule has 1 rings (SSSR count). The third-order valence-electron chi connectivity index (χ3n) is 0.715. The fraction of sp³-hybridized carbons (Fsp3) is 0.250. The first-order valence-corrected chi connectivity index (χ1v) is 2.03. The number of nitrogens with zero attached hydrogens (tertiary/aromatic N) is 2. The summed E-state index contributed by atoms with van der Waals surface area (Å²) in [6.45, 7) is 0. The molecule has 0 fully saturated rings. The fourth-order valence-corrected chi connectivity index (χ4v) is 0.377. The molecule has 0 atom stereocenters. The van der Waals surface area contributed by atoms with Crippen molar-refractivity contribution < 1.29 is 0 Å². The Kier molecular flexibility index (Phi) is 0.978. The van der Waals surface area contributed by atoms with Gasteiger partial charge in [-0.05, 0) is 0 Å². The molecule has 0 aliphatic carbocycles. The van der Waals surface area contributed by atoms with Gasteiger partial charge in [0.1, 0.15) is 0 Å². The number of aromatic nitrogens is 2. The topological polar surface area (TPSA) is 42.8 Å². The molecule has 0 aromatic carbocycles. The minimum Gasteiger partial charge on any atom is -0.284 e. The van der Waals surface area contributed by atoms with E-state index < -0.39 is 0 Å². The molecular weight excluding hydrogens is 90.1 g/mol. The van der Waals surface area contributed by atoms with Gasteiger partial charge in [-0.15, -0.1) is 0 Å². The lowest BCUT2D eigenvalue weighted by Gasteiger charge is -1.79. The van der Waals surface area contributed by atoms with Crippen LogP contribution in [0.3, 0.4) is 0 Å². The normalized spacial score (nSPS) is 8.71. The van der Waals surface area contributed by atoms with Crippen molar-refractivity contribution in [2.75, 3.05) is 7.05 Å². The zero-order valence-electron chi connectivity index (χ0n) is 4.05. The standard InChI is InChI=1S/C4H6N3/c1-5-4-2-3-6-7-4/h2-3H,1H3,(H,6,7). The molecule has 0 unspecified atom stereocenters. The summed E-state index contributed by atoms with van der Waals surface area (Å²) in [6, 6.07) is 1.81. The smallest absolute Gasteiger partial charge is 0.168 e. The second-order valence-electron chi connectivity index (χ2n) is 1.16. The molecule has 0 aliphatic heterocycles. The minimum absolute atomic E-state index is 0.750. The maximum absolute atomic E-state index is 3.79. The average Bonchev–Trinajstić information content (AvgIpc) is 2.14. The van der Waals surface area contributed by atoms with Gasteiger partial charge in [0.15, 0.2) is 5.82 Å². The van der Waals surface area contributed by atoms with E-state index in [2.05, 4.69) is 15.5 Å². The first-order chi connectivity index (χ1) is 3.43. The fourth-order valence-electron chi connectivity index (χ4n) is 0.377. The van der Waals surface area contributed by atoms with Crippen molar-refractivity contribution >= 4 is 5.82 Å². The van der Waals surface area contributed by atoms with E-state index in [1.807, 2.05) is 0 Å². The van der Waals surface area contributed by atoms with Gasteiger partial charge >= 0.3 is 0 Å². The Balaban J connectivity index is 2.76. The quantitative estimate of drug-likeness (QED) is 0.536. The Morgan fingerprint density at radius 2 is 2.71 bits per heavy atom. The highest BCUT2D eigenvalue weighted by molar-refractivity contribution is 5.20. The van der Waals surface area contributed by atoms with Gasteiger partial charge in [0, 0.05) is 19.3 Å². The van der Waals surface area contributed by atoms with Crippen LogP contribution < -0.4 is 5.32 Å². The van der Waals surface area contributed by atoms with Gasteiger partial charge in [0.05, 0.1) is 0 Å². The lowest BCUT2D eigenvalue weighted by atomic mass is 10.6. The lowest BCUT2D eigenvalue weighted by molar-refractivity contribution is 0.980. The number of hydrogen-bond acceptors (Lipinski definition) is 1. The highest BCUT2D eigenvalue weighted by Gasteiger charge is 1.83. The van der Waals surface area contributed by atoms with E-state index >= 15 is 0 Å². The van der Waals surface area contributed by atoms with Crippen molar-refractivity contribution in [2.45, 2.75) is 0 Å². The molecule has 1 N–H and O–H groups in total. The van der Waals surface area contributed by atoms with Gasteiger partial charge in [-0.2, -0.15) is 5.10 Å². The van der Waals surface area contributed by atoms with Gasteiger partial charge < -0.3 is 0 Å². The summed E-state index contributed by atoms with van der Waals surface area (Å²) in [4.78, 5) is 0. The molecule has 0 spiro atoms. The third kappa shape index (κ3) is 0.707. The van der Waals surface area contributed by atoms with Crippen molar-refractivity contribution in [3.05, 3.63) is 12.3 Å². The van der Waals surface area contributed by atoms with E-state index in [9.17, 15) is 0 Å². The van der Waals surface area contributed by atoms with Crippen LogP contribution in [0.25, 0.3) is 0 Å². The average molecular weight is 96.1 g/mol. The Labute approximate surface area is 41.7 Å². The zero-order chi connectivity index (χ0) is 5.11. The maximum atomic E-state index is 3.79. The van der Waals surface area contributed by atoms with Gasteiger partial charge in [-0.25, -0.2) is 0 Å². The molecular formula is C4H6N3. The van der Waals surface area contributed by atoms with Gasteiger partial charge in [0.25, 0.3) is 0 Å². The van der Waals surface area contributed by atoms with Crippen LogP contribution in [0.4, 0.5) is 5.82 Å². The van der Waals surface area contributed by atoms with Crippen molar-refractivity contribution in [2.24, 2.45) is 0 Å². The van der Waals surface area contributed by atoms with Crippen LogP contribution in [0.1, 0.15) is 0 Å². The van der Waals surface area contributed by atoms with Crippen LogP contribution in [-0.4, -0.2) is 17.2 Å². The molecule has 3 heteroatoms. The van der Waals surface area contributed by atoms with E-state index in [1.54, 1.807) is 19.3 Å². The number of hydrogen-bond donors (Lipinski definition) is 1. The Morgan fingerprint density at radius 1 is 1.86 bits per heavy atom. The van der Waals surface area contributed by atoms with Gasteiger partial charge in [0.2, 0.25) is 0 Å². The van der Waals surface area contributed by atoms with Crippen LogP contribution in [0.15, 0.2) is 12.3 Å². The number of H-pyrrole nitrogens is 1. The maximum Gasteiger partial charge on any atom is 0.168 e. The summed E-state index contributed by atoms with van der Waals surface area (Å²) in [6.07, 6.45) is 1.74. The first-order valence-electron chi connectivity index (χ1n) is 2.03. The predicted molar refractivity (Wildman–Crippen MR) is 26.3 cm³/mol. The van der Waals surface area contributed by atoms with Crippen molar-refractivity contribution in [3.8, 4) is 0 Å². The van der Waals surface area contributed by atoms with E-state index in [4.69, 9.17) is 0 Å². The van der Waals surface area contributed by atoms with Crippen LogP contribution in [0, 0.1) is 0 Å². The second kappa shape index (κ2) is 1.64. The van der Waals surface area contributed by atoms with Gasteiger partial charge in [-0.3, -0.25) is 10.4 Å². The highest BCUT2D eigenvalue weighted by atomic mass is 15.2. The zero-order valence-corrected chi connectivity index (χ0v) is 4.05. The van der Waals surface area contributed by atoms with E-state index in [-0.39, 0.29) is 0 Å². The number of aromatic amines is 1. The molecule has 1 aromatic rings. The monoisotopic (exact) mass is 96.1 g/mol. The summed E-state index contributed by atoms with van der Waals surface area (Å²) in [5, 5.41) is 10.2. The molecule has 3 nitrogen and oxygen atoms in total. The van der Waals surface area contributed by atoms with Crippen LogP contribution in [-0.2, 0) is 0 Å². The van der Waals surface area contributed by atoms with Crippen LogP contribution in [0.5, 0.6) is 0 Å². The van der Waals surface area contributed by atoms with Gasteiger partial charge in [-0.1, -0.05) is 0 Å². The summed E-state index contributed by atoms with van der Waals surface area (Å²) < 4.78 is 0. The molecule has 0 aliphatic rings. The van der Waals surface area contributed by atoms with E-state index in [0.717, 1.165) is 5.82 Å². The molecule has 0 amide bonds. The Bertz CT molecular complexity index is 121. The molecule has 0 bridgehead atoms. The first kappa shape index (κ1) is 4.18. The van der Waals surface area contributed by atoms with Crippen LogP contribution >= 0.6 is 0 Å². The summed E-state index contributed by atoms with van der Waals surface area (Å²) in [7, 11) is 1.70. The molecule has 0 saturated carbocycles. The van der Waals surface area contributed by atoms with E-state index in [0.29, 0.717) is 0 Å². The van der Waals surface area contributed by atoms with E-state index in [1.165, 1.54) is 0 Å². The molecule has 1 heterocycles. The molecule has 0 saturated heterocycles. The highest BCUT2D eigenvalue weighted by Crippen LogP contribution is 1.93. The van der Waals surface area contributed by atoms with Crippen LogP contribution in [0.2, 0.25) is 0 Å². The Morgan fingerprint density at radius 3 is 3.00 bits per heavy atom.